The van der Waals surface area contributed by atoms with E-state index in [1.807, 2.05) is 23.1 Å². The summed E-state index contributed by atoms with van der Waals surface area (Å²) in [7, 11) is 0. The van der Waals surface area contributed by atoms with Crippen molar-refractivity contribution in [1.82, 2.24) is 9.88 Å². The van der Waals surface area contributed by atoms with Crippen LogP contribution >= 0.6 is 36.4 Å². The number of carbonyl (C=O) groups is 1. The van der Waals surface area contributed by atoms with Crippen LogP contribution in [0.3, 0.4) is 0 Å². The van der Waals surface area contributed by atoms with Crippen LogP contribution in [-0.4, -0.2) is 48.1 Å². The summed E-state index contributed by atoms with van der Waals surface area (Å²) in [6.07, 6.45) is 4.49. The smallest absolute Gasteiger partial charge is 0.256 e. The van der Waals surface area contributed by atoms with Crippen LogP contribution in [0.5, 0.6) is 0 Å². The van der Waals surface area contributed by atoms with Crippen LogP contribution in [0.2, 0.25) is 5.02 Å². The zero-order chi connectivity index (χ0) is 16.9. The highest BCUT2D eigenvalue weighted by Crippen LogP contribution is 2.25. The lowest BCUT2D eigenvalue weighted by Gasteiger charge is -2.32. The molecule has 0 atom stereocenters. The molecule has 0 radical (unpaired) electrons. The number of amides is 1. The van der Waals surface area contributed by atoms with Gasteiger partial charge in [0.25, 0.3) is 5.91 Å². The molecular weight excluding hydrogens is 397 g/mol. The van der Waals surface area contributed by atoms with E-state index in [0.29, 0.717) is 42.3 Å². The van der Waals surface area contributed by atoms with Crippen molar-refractivity contribution in [2.75, 3.05) is 26.2 Å². The standard InChI is InChI=1S/C18H22ClN3O2.2ClH/c19-14-11-13-3-1-7-21-17(13)16(12-14)18(23)22-8-4-15(5-9-22)24-10-2-6-20;;/h1,3,7,11-12,15H,2,4-6,8-10,20H2;2*1H. The third-order valence-electron chi connectivity index (χ3n) is 4.33. The van der Waals surface area contributed by atoms with Crippen LogP contribution in [0.1, 0.15) is 29.6 Å². The second-order valence-electron chi connectivity index (χ2n) is 6.03. The molecule has 1 aromatic heterocycles. The number of benzene rings is 1. The number of ether oxygens (including phenoxy) is 1. The van der Waals surface area contributed by atoms with Crippen LogP contribution < -0.4 is 5.73 Å². The summed E-state index contributed by atoms with van der Waals surface area (Å²) in [5, 5.41) is 1.44. The van der Waals surface area contributed by atoms with E-state index in [-0.39, 0.29) is 36.8 Å². The zero-order valence-electron chi connectivity index (χ0n) is 14.4. The van der Waals surface area contributed by atoms with Gasteiger partial charge in [0.05, 0.1) is 17.2 Å². The molecule has 0 bridgehead atoms. The molecule has 1 aliphatic rings. The number of nitrogens with zero attached hydrogens (tertiary/aromatic N) is 2. The van der Waals surface area contributed by atoms with Crippen molar-refractivity contribution in [3.05, 3.63) is 41.0 Å². The van der Waals surface area contributed by atoms with Gasteiger partial charge in [0.1, 0.15) is 0 Å². The van der Waals surface area contributed by atoms with E-state index in [4.69, 9.17) is 22.1 Å². The van der Waals surface area contributed by atoms with Crippen LogP contribution in [0.15, 0.2) is 30.5 Å². The molecule has 1 aliphatic heterocycles. The Morgan fingerprint density at radius 3 is 2.73 bits per heavy atom. The molecule has 2 N–H and O–H groups in total. The maximum atomic E-state index is 12.9. The first-order valence-electron chi connectivity index (χ1n) is 8.34. The van der Waals surface area contributed by atoms with E-state index >= 15 is 0 Å². The first-order valence-corrected chi connectivity index (χ1v) is 8.72. The number of pyridine rings is 1. The molecule has 3 rings (SSSR count). The first kappa shape index (κ1) is 22.9. The van der Waals surface area contributed by atoms with Crippen molar-refractivity contribution in [2.24, 2.45) is 5.73 Å². The summed E-state index contributed by atoms with van der Waals surface area (Å²) in [6.45, 7) is 2.71. The van der Waals surface area contributed by atoms with E-state index < -0.39 is 0 Å². The van der Waals surface area contributed by atoms with Crippen LogP contribution in [0.4, 0.5) is 0 Å². The molecule has 0 unspecified atom stereocenters. The van der Waals surface area contributed by atoms with Gasteiger partial charge in [-0.05, 0) is 44.0 Å². The number of rotatable bonds is 5. The Morgan fingerprint density at radius 2 is 2.04 bits per heavy atom. The average Bonchev–Trinajstić information content (AvgIpc) is 2.61. The molecule has 0 spiro atoms. The van der Waals surface area contributed by atoms with Gasteiger partial charge in [-0.15, -0.1) is 24.8 Å². The normalized spacial score (nSPS) is 14.6. The molecule has 8 heteroatoms. The Balaban J connectivity index is 0.00000169. The van der Waals surface area contributed by atoms with E-state index in [2.05, 4.69) is 4.98 Å². The van der Waals surface area contributed by atoms with Crippen LogP contribution in [-0.2, 0) is 4.74 Å². The van der Waals surface area contributed by atoms with Gasteiger partial charge in [0, 0.05) is 36.3 Å². The highest BCUT2D eigenvalue weighted by atomic mass is 35.5. The summed E-state index contributed by atoms with van der Waals surface area (Å²) in [5.41, 5.74) is 6.75. The van der Waals surface area contributed by atoms with Gasteiger partial charge in [0.15, 0.2) is 0 Å². The molecule has 0 saturated carbocycles. The molecule has 26 heavy (non-hydrogen) atoms. The van der Waals surface area contributed by atoms with Gasteiger partial charge in [-0.3, -0.25) is 9.78 Å². The molecule has 0 aliphatic carbocycles. The van der Waals surface area contributed by atoms with Gasteiger partial charge in [-0.2, -0.15) is 0 Å². The summed E-state index contributed by atoms with van der Waals surface area (Å²) in [5.74, 6) is -0.0124. The number of piperidine rings is 1. The molecule has 144 valence electrons. The summed E-state index contributed by atoms with van der Waals surface area (Å²) < 4.78 is 5.80. The summed E-state index contributed by atoms with van der Waals surface area (Å²) in [6, 6.07) is 7.31. The Labute approximate surface area is 171 Å². The zero-order valence-corrected chi connectivity index (χ0v) is 16.8. The summed E-state index contributed by atoms with van der Waals surface area (Å²) >= 11 is 6.17. The molecule has 2 aromatic rings. The predicted molar refractivity (Wildman–Crippen MR) is 110 cm³/mol. The van der Waals surface area contributed by atoms with Crippen molar-refractivity contribution in [1.29, 1.82) is 0 Å². The molecule has 5 nitrogen and oxygen atoms in total. The predicted octanol–water partition coefficient (Wildman–Crippen LogP) is 3.70. The Kier molecular flexibility index (Phi) is 9.61. The summed E-state index contributed by atoms with van der Waals surface area (Å²) in [4.78, 5) is 19.1. The quantitative estimate of drug-likeness (QED) is 0.749. The third-order valence-corrected chi connectivity index (χ3v) is 4.55. The number of hydrogen-bond acceptors (Lipinski definition) is 4. The monoisotopic (exact) mass is 419 g/mol. The van der Waals surface area contributed by atoms with Crippen molar-refractivity contribution < 1.29 is 9.53 Å². The van der Waals surface area contributed by atoms with E-state index in [9.17, 15) is 4.79 Å². The number of nitrogens with two attached hydrogens (primary N) is 1. The van der Waals surface area contributed by atoms with E-state index in [1.54, 1.807) is 12.3 Å². The number of fused-ring (bicyclic) bond motifs is 1. The minimum atomic E-state index is -0.0124. The molecule has 1 fully saturated rings. The van der Waals surface area contributed by atoms with Gasteiger partial charge in [-0.1, -0.05) is 17.7 Å². The van der Waals surface area contributed by atoms with Crippen molar-refractivity contribution in [3.63, 3.8) is 0 Å². The largest absolute Gasteiger partial charge is 0.378 e. The maximum Gasteiger partial charge on any atom is 0.256 e. The topological polar surface area (TPSA) is 68.5 Å². The molecule has 2 heterocycles. The maximum absolute atomic E-state index is 12.9. The number of hydrogen-bond donors (Lipinski definition) is 1. The first-order chi connectivity index (χ1) is 11.7. The lowest BCUT2D eigenvalue weighted by atomic mass is 10.0. The second-order valence-corrected chi connectivity index (χ2v) is 6.47. The van der Waals surface area contributed by atoms with Gasteiger partial charge in [0.2, 0.25) is 0 Å². The third kappa shape index (κ3) is 5.44. The number of carbonyl (C=O) groups excluding carboxylic acids is 1. The Morgan fingerprint density at radius 1 is 1.31 bits per heavy atom. The van der Waals surface area contributed by atoms with Gasteiger partial charge < -0.3 is 15.4 Å². The van der Waals surface area contributed by atoms with E-state index in [1.165, 1.54) is 0 Å². The number of halogens is 3. The van der Waals surface area contributed by atoms with Gasteiger partial charge >= 0.3 is 0 Å². The van der Waals surface area contributed by atoms with Crippen molar-refractivity contribution >= 4 is 53.2 Å². The minimum absolute atomic E-state index is 0. The van der Waals surface area contributed by atoms with Crippen LogP contribution in [0, 0.1) is 0 Å². The van der Waals surface area contributed by atoms with Crippen molar-refractivity contribution in [3.8, 4) is 0 Å². The fourth-order valence-corrected chi connectivity index (χ4v) is 3.27. The highest BCUT2D eigenvalue weighted by Gasteiger charge is 2.25. The lowest BCUT2D eigenvalue weighted by molar-refractivity contribution is 0.00849. The Hall–Kier alpha value is -1.11. The van der Waals surface area contributed by atoms with Crippen molar-refractivity contribution in [2.45, 2.75) is 25.4 Å². The second kappa shape index (κ2) is 10.9. The number of aromatic nitrogens is 1. The SMILES string of the molecule is Cl.Cl.NCCCOC1CCN(C(=O)c2cc(Cl)cc3cccnc23)CC1. The fraction of sp³-hybridized carbons (Fsp3) is 0.444. The fourth-order valence-electron chi connectivity index (χ4n) is 3.05. The minimum Gasteiger partial charge on any atom is -0.378 e. The molecule has 1 saturated heterocycles. The molecule has 1 aromatic carbocycles. The molecular formula is C18H24Cl3N3O2. The van der Waals surface area contributed by atoms with Crippen LogP contribution in [0.25, 0.3) is 10.9 Å². The Bertz CT molecular complexity index is 722. The average molecular weight is 421 g/mol. The highest BCUT2D eigenvalue weighted by molar-refractivity contribution is 6.32. The number of likely N-dealkylation sites (tertiary alicyclic amines) is 1. The molecule has 1 amide bonds. The van der Waals surface area contributed by atoms with Gasteiger partial charge in [-0.25, -0.2) is 0 Å². The lowest BCUT2D eigenvalue weighted by Crippen LogP contribution is -2.41. The van der Waals surface area contributed by atoms with E-state index in [0.717, 1.165) is 24.6 Å².